The molecule has 1 aromatic heterocycles. The lowest BCUT2D eigenvalue weighted by atomic mass is 10.1. The van der Waals surface area contributed by atoms with Crippen molar-refractivity contribution in [3.63, 3.8) is 0 Å². The quantitative estimate of drug-likeness (QED) is 0.837. The highest BCUT2D eigenvalue weighted by molar-refractivity contribution is 9.10. The summed E-state index contributed by atoms with van der Waals surface area (Å²) in [5.41, 5.74) is 9.69. The van der Waals surface area contributed by atoms with Crippen LogP contribution in [0.5, 0.6) is 0 Å². The molecule has 2 aromatic rings. The summed E-state index contributed by atoms with van der Waals surface area (Å²) in [5.74, 6) is 2.61. The van der Waals surface area contributed by atoms with E-state index in [1.54, 1.807) is 0 Å². The van der Waals surface area contributed by atoms with E-state index in [-0.39, 0.29) is 0 Å². The third-order valence-electron chi connectivity index (χ3n) is 4.09. The molecule has 0 unspecified atom stereocenters. The zero-order valence-electron chi connectivity index (χ0n) is 12.7. The molecule has 0 radical (unpaired) electrons. The summed E-state index contributed by atoms with van der Waals surface area (Å²) in [7, 11) is 0. The molecule has 0 amide bonds. The first-order chi connectivity index (χ1) is 10.1. The third-order valence-corrected chi connectivity index (χ3v) is 4.75. The maximum absolute atomic E-state index is 6.43. The molecule has 112 valence electrons. The summed E-state index contributed by atoms with van der Waals surface area (Å²) in [5, 5.41) is 0. The second kappa shape index (κ2) is 5.84. The molecule has 0 spiro atoms. The predicted octanol–water partition coefficient (Wildman–Crippen LogP) is 4.88. The van der Waals surface area contributed by atoms with Crippen molar-refractivity contribution in [3.8, 4) is 11.3 Å². The van der Waals surface area contributed by atoms with Gasteiger partial charge in [0.25, 0.3) is 0 Å². The summed E-state index contributed by atoms with van der Waals surface area (Å²) in [4.78, 5) is 4.89. The second-order valence-corrected chi connectivity index (χ2v) is 6.82. The van der Waals surface area contributed by atoms with E-state index in [0.717, 1.165) is 34.5 Å². The fraction of sp³-hybridized carbons (Fsp3) is 0.471. The van der Waals surface area contributed by atoms with Gasteiger partial charge in [0.2, 0.25) is 0 Å². The highest BCUT2D eigenvalue weighted by atomic mass is 79.9. The van der Waals surface area contributed by atoms with Crippen molar-refractivity contribution >= 4 is 21.7 Å². The largest absolute Gasteiger partial charge is 0.383 e. The maximum Gasteiger partial charge on any atom is 0.131 e. The van der Waals surface area contributed by atoms with Crippen LogP contribution in [-0.4, -0.2) is 9.55 Å². The van der Waals surface area contributed by atoms with Gasteiger partial charge in [0.05, 0.1) is 0 Å². The number of benzene rings is 1. The van der Waals surface area contributed by atoms with E-state index in [1.165, 1.54) is 30.7 Å². The third kappa shape index (κ3) is 2.86. The van der Waals surface area contributed by atoms with Crippen LogP contribution < -0.4 is 5.73 Å². The minimum atomic E-state index is 0.613. The Labute approximate surface area is 134 Å². The number of nitrogen functional groups attached to an aromatic ring is 1. The van der Waals surface area contributed by atoms with Gasteiger partial charge in [-0.15, -0.1) is 0 Å². The fourth-order valence-electron chi connectivity index (χ4n) is 2.70. The van der Waals surface area contributed by atoms with Crippen LogP contribution in [0.1, 0.15) is 49.9 Å². The van der Waals surface area contributed by atoms with Crippen LogP contribution in [0.15, 0.2) is 22.7 Å². The minimum absolute atomic E-state index is 0.613. The Morgan fingerprint density at radius 1 is 1.38 bits per heavy atom. The Bertz CT molecular complexity index is 656. The molecule has 1 heterocycles. The van der Waals surface area contributed by atoms with Crippen molar-refractivity contribution in [1.82, 2.24) is 9.55 Å². The molecule has 1 aromatic carbocycles. The molecule has 3 rings (SSSR count). The first kappa shape index (κ1) is 14.6. The van der Waals surface area contributed by atoms with Gasteiger partial charge in [-0.3, -0.25) is 0 Å². The number of anilines is 1. The monoisotopic (exact) mass is 347 g/mol. The second-order valence-electron chi connectivity index (χ2n) is 5.97. The molecule has 1 aliphatic carbocycles. The van der Waals surface area contributed by atoms with Crippen molar-refractivity contribution in [1.29, 1.82) is 0 Å². The zero-order valence-corrected chi connectivity index (χ0v) is 14.3. The van der Waals surface area contributed by atoms with E-state index in [9.17, 15) is 0 Å². The van der Waals surface area contributed by atoms with Crippen LogP contribution in [0.25, 0.3) is 11.3 Å². The average molecular weight is 348 g/mol. The van der Waals surface area contributed by atoms with E-state index in [1.807, 2.05) is 0 Å². The normalized spacial score (nSPS) is 14.6. The summed E-state index contributed by atoms with van der Waals surface area (Å²) < 4.78 is 3.31. The zero-order chi connectivity index (χ0) is 15.0. The van der Waals surface area contributed by atoms with Gasteiger partial charge >= 0.3 is 0 Å². The Morgan fingerprint density at radius 2 is 2.14 bits per heavy atom. The van der Waals surface area contributed by atoms with Crippen LogP contribution in [0.3, 0.4) is 0 Å². The van der Waals surface area contributed by atoms with Gasteiger partial charge in [-0.25, -0.2) is 4.98 Å². The summed E-state index contributed by atoms with van der Waals surface area (Å²) in [6.07, 6.45) is 4.81. The van der Waals surface area contributed by atoms with Crippen LogP contribution in [0, 0.1) is 6.92 Å². The summed E-state index contributed by atoms with van der Waals surface area (Å²) in [6, 6.07) is 6.34. The Kier molecular flexibility index (Phi) is 4.07. The number of hydrogen-bond donors (Lipinski definition) is 1. The van der Waals surface area contributed by atoms with Crippen molar-refractivity contribution in [3.05, 3.63) is 34.1 Å². The van der Waals surface area contributed by atoms with Crippen molar-refractivity contribution < 1.29 is 0 Å². The average Bonchev–Trinajstić information content (AvgIpc) is 3.23. The van der Waals surface area contributed by atoms with Crippen molar-refractivity contribution in [2.45, 2.75) is 52.0 Å². The molecule has 2 N–H and O–H groups in total. The number of hydrogen-bond acceptors (Lipinski definition) is 2. The molecular weight excluding hydrogens is 326 g/mol. The molecule has 0 aliphatic heterocycles. The van der Waals surface area contributed by atoms with Crippen molar-refractivity contribution in [2.24, 2.45) is 0 Å². The Balaban J connectivity index is 2.06. The molecule has 4 heteroatoms. The van der Waals surface area contributed by atoms with Gasteiger partial charge < -0.3 is 10.3 Å². The number of halogens is 1. The number of unbranched alkanes of at least 4 members (excludes halogenated alkanes) is 1. The smallest absolute Gasteiger partial charge is 0.131 e. The highest BCUT2D eigenvalue weighted by Crippen LogP contribution is 2.43. The molecule has 0 saturated heterocycles. The molecule has 0 bridgehead atoms. The van der Waals surface area contributed by atoms with E-state index < -0.39 is 0 Å². The summed E-state index contributed by atoms with van der Waals surface area (Å²) in [6.45, 7) is 5.28. The van der Waals surface area contributed by atoms with Gasteiger partial charge in [-0.2, -0.15) is 0 Å². The molecule has 1 fully saturated rings. The first-order valence-corrected chi connectivity index (χ1v) is 8.53. The van der Waals surface area contributed by atoms with Gasteiger partial charge in [-0.05, 0) is 37.8 Å². The molecule has 0 atom stereocenters. The number of aryl methyl sites for hydroxylation is 1. The van der Waals surface area contributed by atoms with Crippen LogP contribution in [0.2, 0.25) is 0 Å². The SMILES string of the molecule is CCCCn1c(C2CC2)nc(-c2ccc(C)cc2Br)c1N. The highest BCUT2D eigenvalue weighted by Gasteiger charge is 2.31. The lowest BCUT2D eigenvalue weighted by molar-refractivity contribution is 0.609. The van der Waals surface area contributed by atoms with Gasteiger partial charge in [0.1, 0.15) is 17.3 Å². The van der Waals surface area contributed by atoms with E-state index in [0.29, 0.717) is 5.92 Å². The Morgan fingerprint density at radius 3 is 2.76 bits per heavy atom. The molecule has 1 saturated carbocycles. The van der Waals surface area contributed by atoms with Gasteiger partial charge in [0, 0.05) is 22.5 Å². The molecular formula is C17H22BrN3. The molecule has 21 heavy (non-hydrogen) atoms. The Hall–Kier alpha value is -1.29. The first-order valence-electron chi connectivity index (χ1n) is 7.74. The molecule has 1 aliphatic rings. The van der Waals surface area contributed by atoms with Crippen LogP contribution in [0.4, 0.5) is 5.82 Å². The number of nitrogens with two attached hydrogens (primary N) is 1. The topological polar surface area (TPSA) is 43.8 Å². The van der Waals surface area contributed by atoms with Crippen molar-refractivity contribution in [2.75, 3.05) is 5.73 Å². The van der Waals surface area contributed by atoms with Gasteiger partial charge in [-0.1, -0.05) is 41.4 Å². The predicted molar refractivity (Wildman–Crippen MR) is 91.4 cm³/mol. The standard InChI is InChI=1S/C17H22BrN3/c1-3-4-9-21-16(19)15(20-17(21)12-6-7-12)13-8-5-11(2)10-14(13)18/h5,8,10,12H,3-4,6-7,9,19H2,1-2H3. The number of imidazole rings is 1. The fourth-order valence-corrected chi connectivity index (χ4v) is 3.38. The molecule has 3 nitrogen and oxygen atoms in total. The number of aromatic nitrogens is 2. The number of nitrogens with zero attached hydrogens (tertiary/aromatic N) is 2. The maximum atomic E-state index is 6.43. The van der Waals surface area contributed by atoms with Gasteiger partial charge in [0.15, 0.2) is 0 Å². The van der Waals surface area contributed by atoms with E-state index in [4.69, 9.17) is 10.7 Å². The summed E-state index contributed by atoms with van der Waals surface area (Å²) >= 11 is 3.65. The lowest BCUT2D eigenvalue weighted by Gasteiger charge is -2.09. The lowest BCUT2D eigenvalue weighted by Crippen LogP contribution is -2.06. The van der Waals surface area contributed by atoms with Crippen LogP contribution >= 0.6 is 15.9 Å². The number of rotatable bonds is 5. The van der Waals surface area contributed by atoms with Crippen LogP contribution in [-0.2, 0) is 6.54 Å². The van der Waals surface area contributed by atoms with E-state index >= 15 is 0 Å². The minimum Gasteiger partial charge on any atom is -0.383 e. The van der Waals surface area contributed by atoms with E-state index in [2.05, 4.69) is 52.5 Å².